The van der Waals surface area contributed by atoms with E-state index in [-0.39, 0.29) is 18.3 Å². The lowest BCUT2D eigenvalue weighted by atomic mass is 10.2. The van der Waals surface area contributed by atoms with Gasteiger partial charge in [-0.3, -0.25) is 4.79 Å². The van der Waals surface area contributed by atoms with E-state index in [1.165, 1.54) is 23.5 Å². The van der Waals surface area contributed by atoms with Crippen LogP contribution in [-0.4, -0.2) is 17.5 Å². The van der Waals surface area contributed by atoms with Crippen molar-refractivity contribution in [1.29, 1.82) is 0 Å². The van der Waals surface area contributed by atoms with Crippen LogP contribution in [0.3, 0.4) is 0 Å². The number of rotatable bonds is 7. The van der Waals surface area contributed by atoms with Crippen LogP contribution < -0.4 is 10.1 Å². The first-order chi connectivity index (χ1) is 12.7. The molecule has 1 aromatic heterocycles. The minimum Gasteiger partial charge on any atom is -0.490 e. The lowest BCUT2D eigenvalue weighted by Crippen LogP contribution is -2.23. The van der Waals surface area contributed by atoms with Gasteiger partial charge in [0.05, 0.1) is 0 Å². The molecule has 0 bridgehead atoms. The Morgan fingerprint density at radius 3 is 2.92 bits per heavy atom. The van der Waals surface area contributed by atoms with Crippen LogP contribution in [0.2, 0.25) is 0 Å². The molecule has 3 rings (SSSR count). The Morgan fingerprint density at radius 1 is 1.27 bits per heavy atom. The van der Waals surface area contributed by atoms with E-state index < -0.39 is 0 Å². The summed E-state index contributed by atoms with van der Waals surface area (Å²) in [7, 11) is 0. The molecule has 3 aromatic rings. The van der Waals surface area contributed by atoms with Crippen molar-refractivity contribution in [2.24, 2.45) is 0 Å². The Hall–Kier alpha value is -2.99. The van der Waals surface area contributed by atoms with Gasteiger partial charge in [-0.25, -0.2) is 9.37 Å². The normalized spacial score (nSPS) is 10.3. The van der Waals surface area contributed by atoms with E-state index in [1.807, 2.05) is 24.3 Å². The Bertz CT molecular complexity index is 923. The van der Waals surface area contributed by atoms with Crippen molar-refractivity contribution < 1.29 is 13.9 Å². The summed E-state index contributed by atoms with van der Waals surface area (Å²) in [5.74, 6) is 0.0942. The summed E-state index contributed by atoms with van der Waals surface area (Å²) in [6, 6.07) is 13.6. The number of hydrogen-bond donors (Lipinski definition) is 1. The second-order valence-corrected chi connectivity index (χ2v) is 6.34. The van der Waals surface area contributed by atoms with Crippen molar-refractivity contribution in [1.82, 2.24) is 10.3 Å². The Kier molecular flexibility index (Phi) is 5.76. The van der Waals surface area contributed by atoms with Crippen LogP contribution >= 0.6 is 11.3 Å². The molecule has 0 fully saturated rings. The molecule has 1 amide bonds. The standard InChI is InChI=1S/C20H17FN2O2S/c1-2-9-25-17-8-4-6-15(11-17)20-23-18(13-26-20)19(24)22-12-14-5-3-7-16(21)10-14/h2-8,10-11,13H,1,9,12H2,(H,22,24). The minimum atomic E-state index is -0.328. The summed E-state index contributed by atoms with van der Waals surface area (Å²) in [4.78, 5) is 16.6. The van der Waals surface area contributed by atoms with Crippen molar-refractivity contribution in [2.75, 3.05) is 6.61 Å². The first-order valence-electron chi connectivity index (χ1n) is 7.98. The first kappa shape index (κ1) is 17.8. The van der Waals surface area contributed by atoms with Gasteiger partial charge in [0.15, 0.2) is 0 Å². The highest BCUT2D eigenvalue weighted by Gasteiger charge is 2.12. The summed E-state index contributed by atoms with van der Waals surface area (Å²) < 4.78 is 18.7. The molecule has 0 radical (unpaired) electrons. The molecule has 0 saturated heterocycles. The highest BCUT2D eigenvalue weighted by molar-refractivity contribution is 7.13. The average Bonchev–Trinajstić information content (AvgIpc) is 3.15. The van der Waals surface area contributed by atoms with E-state index in [0.717, 1.165) is 16.3 Å². The van der Waals surface area contributed by atoms with Gasteiger partial charge in [-0.2, -0.15) is 0 Å². The largest absolute Gasteiger partial charge is 0.490 e. The fraction of sp³-hybridized carbons (Fsp3) is 0.100. The van der Waals surface area contributed by atoms with Crippen molar-refractivity contribution in [2.45, 2.75) is 6.54 Å². The van der Waals surface area contributed by atoms with Crippen molar-refractivity contribution in [3.8, 4) is 16.3 Å². The number of carbonyl (C=O) groups excluding carboxylic acids is 1. The van der Waals surface area contributed by atoms with E-state index in [0.29, 0.717) is 17.9 Å². The number of amides is 1. The number of nitrogens with one attached hydrogen (secondary N) is 1. The van der Waals surface area contributed by atoms with Crippen LogP contribution in [0.4, 0.5) is 4.39 Å². The highest BCUT2D eigenvalue weighted by Crippen LogP contribution is 2.27. The third-order valence-corrected chi connectivity index (χ3v) is 4.42. The van der Waals surface area contributed by atoms with Gasteiger partial charge in [0.25, 0.3) is 5.91 Å². The van der Waals surface area contributed by atoms with Crippen LogP contribution in [0.25, 0.3) is 10.6 Å². The van der Waals surface area contributed by atoms with Crippen LogP contribution in [-0.2, 0) is 6.54 Å². The average molecular weight is 368 g/mol. The van der Waals surface area contributed by atoms with Crippen molar-refractivity contribution in [3.05, 3.63) is 83.6 Å². The number of carbonyl (C=O) groups is 1. The van der Waals surface area contributed by atoms with Crippen molar-refractivity contribution >= 4 is 17.2 Å². The number of hydrogen-bond acceptors (Lipinski definition) is 4. The van der Waals surface area contributed by atoms with Gasteiger partial charge >= 0.3 is 0 Å². The van der Waals surface area contributed by atoms with Gasteiger partial charge in [0, 0.05) is 17.5 Å². The topological polar surface area (TPSA) is 51.2 Å². The second-order valence-electron chi connectivity index (χ2n) is 5.48. The lowest BCUT2D eigenvalue weighted by Gasteiger charge is -2.04. The van der Waals surface area contributed by atoms with Crippen LogP contribution in [0, 0.1) is 5.82 Å². The number of halogens is 1. The Labute approximate surface area is 155 Å². The zero-order valence-electron chi connectivity index (χ0n) is 13.9. The van der Waals surface area contributed by atoms with Crippen LogP contribution in [0.1, 0.15) is 16.1 Å². The fourth-order valence-corrected chi connectivity index (χ4v) is 3.10. The molecule has 0 spiro atoms. The molecule has 1 N–H and O–H groups in total. The van der Waals surface area contributed by atoms with Gasteiger partial charge < -0.3 is 10.1 Å². The smallest absolute Gasteiger partial charge is 0.271 e. The summed E-state index contributed by atoms with van der Waals surface area (Å²) in [6.07, 6.45) is 1.68. The van der Waals surface area contributed by atoms with E-state index in [4.69, 9.17) is 4.74 Å². The summed E-state index contributed by atoms with van der Waals surface area (Å²) >= 11 is 1.38. The van der Waals surface area contributed by atoms with Crippen molar-refractivity contribution in [3.63, 3.8) is 0 Å². The monoisotopic (exact) mass is 368 g/mol. The zero-order chi connectivity index (χ0) is 18.4. The predicted octanol–water partition coefficient (Wildman–Crippen LogP) is 4.44. The van der Waals surface area contributed by atoms with Crippen LogP contribution in [0.15, 0.2) is 66.6 Å². The van der Waals surface area contributed by atoms with E-state index in [1.54, 1.807) is 23.6 Å². The molecule has 0 saturated carbocycles. The SMILES string of the molecule is C=CCOc1cccc(-c2nc(C(=O)NCc3cccc(F)c3)cs2)c1. The molecule has 4 nitrogen and oxygen atoms in total. The number of thiazole rings is 1. The highest BCUT2D eigenvalue weighted by atomic mass is 32.1. The minimum absolute atomic E-state index is 0.244. The van der Waals surface area contributed by atoms with Gasteiger partial charge in [0.2, 0.25) is 0 Å². The molecule has 0 aliphatic heterocycles. The van der Waals surface area contributed by atoms with Gasteiger partial charge in [-0.15, -0.1) is 11.3 Å². The second kappa shape index (κ2) is 8.40. The Morgan fingerprint density at radius 2 is 2.12 bits per heavy atom. The number of benzene rings is 2. The predicted molar refractivity (Wildman–Crippen MR) is 101 cm³/mol. The van der Waals surface area contributed by atoms with Gasteiger partial charge in [-0.05, 0) is 29.8 Å². The quantitative estimate of drug-likeness (QED) is 0.627. The van der Waals surface area contributed by atoms with Crippen LogP contribution in [0.5, 0.6) is 5.75 Å². The summed E-state index contributed by atoms with van der Waals surface area (Å²) in [6.45, 7) is 4.29. The number of nitrogens with zero attached hydrogens (tertiary/aromatic N) is 1. The summed E-state index contributed by atoms with van der Waals surface area (Å²) in [5.41, 5.74) is 1.90. The molecule has 0 unspecified atom stereocenters. The van der Waals surface area contributed by atoms with E-state index in [9.17, 15) is 9.18 Å². The fourth-order valence-electron chi connectivity index (χ4n) is 2.30. The first-order valence-corrected chi connectivity index (χ1v) is 8.86. The molecule has 0 aliphatic carbocycles. The maximum atomic E-state index is 13.2. The maximum Gasteiger partial charge on any atom is 0.271 e. The molecular formula is C20H17FN2O2S. The summed E-state index contributed by atoms with van der Waals surface area (Å²) in [5, 5.41) is 5.18. The molecule has 26 heavy (non-hydrogen) atoms. The molecule has 6 heteroatoms. The molecule has 1 heterocycles. The Balaban J connectivity index is 1.67. The van der Waals surface area contributed by atoms with Gasteiger partial charge in [0.1, 0.15) is 28.9 Å². The van der Waals surface area contributed by atoms with E-state index >= 15 is 0 Å². The van der Waals surface area contributed by atoms with E-state index in [2.05, 4.69) is 16.9 Å². The number of ether oxygens (including phenoxy) is 1. The lowest BCUT2D eigenvalue weighted by molar-refractivity contribution is 0.0946. The zero-order valence-corrected chi connectivity index (χ0v) is 14.8. The molecular weight excluding hydrogens is 351 g/mol. The maximum absolute atomic E-state index is 13.2. The third kappa shape index (κ3) is 4.55. The number of aromatic nitrogens is 1. The molecule has 2 aromatic carbocycles. The molecule has 132 valence electrons. The molecule has 0 atom stereocenters. The third-order valence-electron chi connectivity index (χ3n) is 3.53. The molecule has 0 aliphatic rings. The van der Waals surface area contributed by atoms with Gasteiger partial charge in [-0.1, -0.05) is 36.9 Å².